The molecular formula is C13H21NO4. The highest BCUT2D eigenvalue weighted by Crippen LogP contribution is 2.28. The zero-order chi connectivity index (χ0) is 13.2. The highest BCUT2D eigenvalue weighted by Gasteiger charge is 2.04. The van der Waals surface area contributed by atoms with E-state index in [2.05, 4.69) is 0 Å². The lowest BCUT2D eigenvalue weighted by molar-refractivity contribution is 0.0800. The summed E-state index contributed by atoms with van der Waals surface area (Å²) in [6.07, 6.45) is 0.887. The molecule has 0 unspecified atom stereocenters. The maximum atomic E-state index is 5.69. The Bertz CT molecular complexity index is 344. The fourth-order valence-corrected chi connectivity index (χ4v) is 1.42. The monoisotopic (exact) mass is 255 g/mol. The van der Waals surface area contributed by atoms with E-state index in [-0.39, 0.29) is 0 Å². The molecule has 5 nitrogen and oxygen atoms in total. The molecule has 102 valence electrons. The third kappa shape index (κ3) is 5.25. The van der Waals surface area contributed by atoms with Gasteiger partial charge in [0.2, 0.25) is 0 Å². The Morgan fingerprint density at radius 1 is 1.00 bits per heavy atom. The van der Waals surface area contributed by atoms with Crippen LogP contribution in [0.4, 0.5) is 5.69 Å². The quantitative estimate of drug-likeness (QED) is 0.537. The average Bonchev–Trinajstić information content (AvgIpc) is 2.38. The minimum absolute atomic E-state index is 0.465. The lowest BCUT2D eigenvalue weighted by Crippen LogP contribution is -2.09. The Morgan fingerprint density at radius 2 is 1.83 bits per heavy atom. The summed E-state index contributed by atoms with van der Waals surface area (Å²) in [6, 6.07) is 5.29. The van der Waals surface area contributed by atoms with Gasteiger partial charge in [-0.3, -0.25) is 0 Å². The molecule has 0 spiro atoms. The molecule has 0 aliphatic rings. The first kappa shape index (κ1) is 14.6. The van der Waals surface area contributed by atoms with Crippen molar-refractivity contribution in [2.75, 3.05) is 46.4 Å². The SMILES string of the molecule is COCCCOCCOc1cc(N)ccc1OC. The van der Waals surface area contributed by atoms with Gasteiger partial charge in [0.15, 0.2) is 11.5 Å². The maximum Gasteiger partial charge on any atom is 0.163 e. The number of benzene rings is 1. The third-order valence-corrected chi connectivity index (χ3v) is 2.31. The summed E-state index contributed by atoms with van der Waals surface area (Å²) in [6.45, 7) is 2.38. The number of anilines is 1. The van der Waals surface area contributed by atoms with Crippen molar-refractivity contribution in [1.82, 2.24) is 0 Å². The van der Waals surface area contributed by atoms with Crippen LogP contribution in [0.15, 0.2) is 18.2 Å². The van der Waals surface area contributed by atoms with Crippen molar-refractivity contribution >= 4 is 5.69 Å². The fraction of sp³-hybridized carbons (Fsp3) is 0.538. The number of rotatable bonds is 9. The van der Waals surface area contributed by atoms with E-state index >= 15 is 0 Å². The van der Waals surface area contributed by atoms with Gasteiger partial charge in [0, 0.05) is 32.1 Å². The molecule has 0 bridgehead atoms. The molecule has 0 amide bonds. The Labute approximate surface area is 108 Å². The van der Waals surface area contributed by atoms with Crippen LogP contribution in [0, 0.1) is 0 Å². The molecule has 5 heteroatoms. The number of nitrogens with two attached hydrogens (primary N) is 1. The van der Waals surface area contributed by atoms with E-state index in [1.54, 1.807) is 32.4 Å². The average molecular weight is 255 g/mol. The second-order valence-electron chi connectivity index (χ2n) is 3.72. The molecule has 1 aromatic rings. The fourth-order valence-electron chi connectivity index (χ4n) is 1.42. The summed E-state index contributed by atoms with van der Waals surface area (Å²) < 4.78 is 21.0. The minimum Gasteiger partial charge on any atom is -0.493 e. The Morgan fingerprint density at radius 3 is 2.56 bits per heavy atom. The van der Waals surface area contributed by atoms with Crippen molar-refractivity contribution in [1.29, 1.82) is 0 Å². The van der Waals surface area contributed by atoms with E-state index in [0.717, 1.165) is 6.42 Å². The highest BCUT2D eigenvalue weighted by molar-refractivity contribution is 5.51. The van der Waals surface area contributed by atoms with E-state index in [4.69, 9.17) is 24.7 Å². The van der Waals surface area contributed by atoms with Crippen LogP contribution in [0.1, 0.15) is 6.42 Å². The van der Waals surface area contributed by atoms with Crippen molar-refractivity contribution in [3.05, 3.63) is 18.2 Å². The molecule has 0 radical (unpaired) electrons. The first-order valence-corrected chi connectivity index (χ1v) is 5.91. The molecule has 1 aromatic carbocycles. The zero-order valence-corrected chi connectivity index (χ0v) is 11.0. The predicted molar refractivity (Wildman–Crippen MR) is 70.2 cm³/mol. The van der Waals surface area contributed by atoms with Crippen molar-refractivity contribution in [2.45, 2.75) is 6.42 Å². The number of hydrogen-bond donors (Lipinski definition) is 1. The molecule has 18 heavy (non-hydrogen) atoms. The van der Waals surface area contributed by atoms with Gasteiger partial charge in [-0.25, -0.2) is 0 Å². The van der Waals surface area contributed by atoms with Gasteiger partial charge in [0.25, 0.3) is 0 Å². The number of nitrogen functional groups attached to an aromatic ring is 1. The molecule has 0 aliphatic carbocycles. The summed E-state index contributed by atoms with van der Waals surface area (Å²) in [5.74, 6) is 1.31. The summed E-state index contributed by atoms with van der Waals surface area (Å²) in [5.41, 5.74) is 6.33. The molecule has 0 atom stereocenters. The van der Waals surface area contributed by atoms with Crippen LogP contribution in [0.3, 0.4) is 0 Å². The second-order valence-corrected chi connectivity index (χ2v) is 3.72. The summed E-state index contributed by atoms with van der Waals surface area (Å²) in [5, 5.41) is 0. The predicted octanol–water partition coefficient (Wildman–Crippen LogP) is 1.71. The number of hydrogen-bond acceptors (Lipinski definition) is 5. The summed E-state index contributed by atoms with van der Waals surface area (Å²) in [4.78, 5) is 0. The molecule has 0 fully saturated rings. The van der Waals surface area contributed by atoms with Crippen molar-refractivity contribution in [3.63, 3.8) is 0 Å². The van der Waals surface area contributed by atoms with Gasteiger partial charge in [-0.15, -0.1) is 0 Å². The molecule has 2 N–H and O–H groups in total. The molecule has 0 aromatic heterocycles. The van der Waals surface area contributed by atoms with Gasteiger partial charge in [-0.2, -0.15) is 0 Å². The Hall–Kier alpha value is -1.46. The van der Waals surface area contributed by atoms with E-state index < -0.39 is 0 Å². The topological polar surface area (TPSA) is 62.9 Å². The first-order valence-electron chi connectivity index (χ1n) is 5.91. The van der Waals surface area contributed by atoms with Gasteiger partial charge in [0.05, 0.1) is 13.7 Å². The molecule has 0 heterocycles. The van der Waals surface area contributed by atoms with Crippen LogP contribution in [0.25, 0.3) is 0 Å². The van der Waals surface area contributed by atoms with E-state index in [1.165, 1.54) is 0 Å². The smallest absolute Gasteiger partial charge is 0.163 e. The summed E-state index contributed by atoms with van der Waals surface area (Å²) >= 11 is 0. The minimum atomic E-state index is 0.465. The van der Waals surface area contributed by atoms with Crippen LogP contribution in [-0.4, -0.2) is 40.6 Å². The third-order valence-electron chi connectivity index (χ3n) is 2.31. The first-order chi connectivity index (χ1) is 8.77. The summed E-state index contributed by atoms with van der Waals surface area (Å²) in [7, 11) is 3.27. The normalized spacial score (nSPS) is 10.3. The van der Waals surface area contributed by atoms with Crippen molar-refractivity contribution < 1.29 is 18.9 Å². The van der Waals surface area contributed by atoms with Crippen molar-refractivity contribution in [3.8, 4) is 11.5 Å². The van der Waals surface area contributed by atoms with Gasteiger partial charge in [0.1, 0.15) is 6.61 Å². The molecule has 0 aliphatic heterocycles. The van der Waals surface area contributed by atoms with Crippen LogP contribution >= 0.6 is 0 Å². The van der Waals surface area contributed by atoms with Gasteiger partial charge >= 0.3 is 0 Å². The Kier molecular flexibility index (Phi) is 6.98. The van der Waals surface area contributed by atoms with Crippen LogP contribution in [0.2, 0.25) is 0 Å². The zero-order valence-electron chi connectivity index (χ0n) is 11.0. The molecule has 1 rings (SSSR count). The van der Waals surface area contributed by atoms with E-state index in [1.807, 2.05) is 0 Å². The lowest BCUT2D eigenvalue weighted by atomic mass is 10.3. The Balaban J connectivity index is 2.24. The van der Waals surface area contributed by atoms with Gasteiger partial charge in [-0.05, 0) is 18.6 Å². The largest absolute Gasteiger partial charge is 0.493 e. The molecule has 0 saturated carbocycles. The van der Waals surface area contributed by atoms with E-state index in [0.29, 0.717) is 43.6 Å². The second kappa shape index (κ2) is 8.60. The van der Waals surface area contributed by atoms with Crippen LogP contribution in [0.5, 0.6) is 11.5 Å². The van der Waals surface area contributed by atoms with Gasteiger partial charge in [-0.1, -0.05) is 0 Å². The maximum absolute atomic E-state index is 5.69. The lowest BCUT2D eigenvalue weighted by Gasteiger charge is -2.11. The number of ether oxygens (including phenoxy) is 4. The van der Waals surface area contributed by atoms with Crippen molar-refractivity contribution in [2.24, 2.45) is 0 Å². The highest BCUT2D eigenvalue weighted by atomic mass is 16.5. The van der Waals surface area contributed by atoms with E-state index in [9.17, 15) is 0 Å². The number of methoxy groups -OCH3 is 2. The van der Waals surface area contributed by atoms with Gasteiger partial charge < -0.3 is 24.7 Å². The standard InChI is InChI=1S/C13H21NO4/c1-15-6-3-7-17-8-9-18-13-10-11(14)4-5-12(13)16-2/h4-5,10H,3,6-9,14H2,1-2H3. The van der Waals surface area contributed by atoms with Crippen LogP contribution < -0.4 is 15.2 Å². The van der Waals surface area contributed by atoms with Crippen LogP contribution in [-0.2, 0) is 9.47 Å². The molecular weight excluding hydrogens is 234 g/mol. The molecule has 0 saturated heterocycles.